The van der Waals surface area contributed by atoms with Crippen molar-refractivity contribution < 1.29 is 22.7 Å². The van der Waals surface area contributed by atoms with E-state index in [9.17, 15) is 18.0 Å². The van der Waals surface area contributed by atoms with Gasteiger partial charge in [-0.2, -0.15) is 0 Å². The van der Waals surface area contributed by atoms with Gasteiger partial charge in [0.05, 0.1) is 5.75 Å². The molecule has 2 atom stereocenters. The van der Waals surface area contributed by atoms with Crippen molar-refractivity contribution in [2.24, 2.45) is 0 Å². The summed E-state index contributed by atoms with van der Waals surface area (Å²) < 4.78 is 28.2. The molecule has 0 heterocycles. The number of carbonyl (C=O) groups is 2. The van der Waals surface area contributed by atoms with Crippen LogP contribution in [0.1, 0.15) is 31.7 Å². The largest absolute Gasteiger partial charge is 0.445 e. The molecule has 2 rings (SSSR count). The Hall–Kier alpha value is -2.13. The van der Waals surface area contributed by atoms with Crippen LogP contribution in [0.5, 0.6) is 0 Å². The Bertz CT molecular complexity index is 781. The van der Waals surface area contributed by atoms with Gasteiger partial charge in [0.15, 0.2) is 0 Å². The zero-order valence-corrected chi connectivity index (χ0v) is 18.1. The molecule has 0 aromatic heterocycles. The summed E-state index contributed by atoms with van der Waals surface area (Å²) in [7, 11) is -1.25. The Morgan fingerprint density at radius 3 is 2.48 bits per heavy atom. The number of amides is 2. The predicted molar refractivity (Wildman–Crippen MR) is 111 cm³/mol. The molecule has 2 unspecified atom stereocenters. The highest BCUT2D eigenvalue weighted by Gasteiger charge is 2.30. The highest BCUT2D eigenvalue weighted by Crippen LogP contribution is 2.26. The van der Waals surface area contributed by atoms with Crippen molar-refractivity contribution >= 4 is 21.8 Å². The molecule has 1 aromatic carbocycles. The van der Waals surface area contributed by atoms with Crippen molar-refractivity contribution in [3.63, 3.8) is 0 Å². The van der Waals surface area contributed by atoms with Crippen molar-refractivity contribution in [1.29, 1.82) is 0 Å². The van der Waals surface area contributed by atoms with E-state index in [4.69, 9.17) is 4.74 Å². The van der Waals surface area contributed by atoms with Gasteiger partial charge >= 0.3 is 6.09 Å². The molecule has 0 saturated heterocycles. The van der Waals surface area contributed by atoms with E-state index >= 15 is 0 Å². The quantitative estimate of drug-likeness (QED) is 0.554. The van der Waals surface area contributed by atoms with E-state index in [1.54, 1.807) is 0 Å². The standard InChI is InChI=1S/C20H31N3O5S/c1-15(23(2)17-9-10-17)13-21-19(24)18(11-12-29(3,26)27)22-20(25)28-14-16-7-5-4-6-8-16/h4-8,15,17-18H,9-14H2,1-3H3,(H,21,24)(H,22,25). The SMILES string of the molecule is CC(CNC(=O)C(CCS(C)(=O)=O)NC(=O)OCc1ccccc1)N(C)C1CC1. The zero-order valence-electron chi connectivity index (χ0n) is 17.3. The first-order valence-electron chi connectivity index (χ1n) is 9.80. The van der Waals surface area contributed by atoms with Crippen molar-refractivity contribution in [2.75, 3.05) is 25.6 Å². The van der Waals surface area contributed by atoms with Crippen LogP contribution in [0.4, 0.5) is 4.79 Å². The molecule has 0 spiro atoms. The summed E-state index contributed by atoms with van der Waals surface area (Å²) >= 11 is 0. The van der Waals surface area contributed by atoms with Crippen molar-refractivity contribution in [1.82, 2.24) is 15.5 Å². The molecule has 1 aliphatic carbocycles. The van der Waals surface area contributed by atoms with Crippen LogP contribution >= 0.6 is 0 Å². The summed E-state index contributed by atoms with van der Waals surface area (Å²) in [6.07, 6.45) is 2.66. The number of nitrogens with one attached hydrogen (secondary N) is 2. The first kappa shape index (κ1) is 23.2. The summed E-state index contributed by atoms with van der Waals surface area (Å²) in [6, 6.07) is 8.89. The summed E-state index contributed by atoms with van der Waals surface area (Å²) in [5.74, 6) is -0.622. The number of carbonyl (C=O) groups excluding carboxylic acids is 2. The number of benzene rings is 1. The molecule has 0 aliphatic heterocycles. The molecule has 1 fully saturated rings. The van der Waals surface area contributed by atoms with E-state index < -0.39 is 27.9 Å². The number of nitrogens with zero attached hydrogens (tertiary/aromatic N) is 1. The zero-order chi connectivity index (χ0) is 21.4. The second-order valence-corrected chi connectivity index (χ2v) is 9.93. The Labute approximate surface area is 172 Å². The minimum atomic E-state index is -3.27. The number of sulfone groups is 1. The summed E-state index contributed by atoms with van der Waals surface area (Å²) in [4.78, 5) is 26.9. The third-order valence-electron chi connectivity index (χ3n) is 4.99. The molecule has 8 nitrogen and oxygen atoms in total. The third kappa shape index (κ3) is 8.82. The second-order valence-electron chi connectivity index (χ2n) is 7.67. The lowest BCUT2D eigenvalue weighted by Crippen LogP contribution is -2.50. The molecule has 2 amide bonds. The lowest BCUT2D eigenvalue weighted by molar-refractivity contribution is -0.123. The summed E-state index contributed by atoms with van der Waals surface area (Å²) in [6.45, 7) is 2.50. The average molecular weight is 426 g/mol. The van der Waals surface area contributed by atoms with E-state index in [2.05, 4.69) is 15.5 Å². The van der Waals surface area contributed by atoms with Crippen LogP contribution in [-0.4, -0.2) is 69.0 Å². The van der Waals surface area contributed by atoms with E-state index in [1.165, 1.54) is 12.8 Å². The maximum Gasteiger partial charge on any atom is 0.408 e. The lowest BCUT2D eigenvalue weighted by atomic mass is 10.2. The van der Waals surface area contributed by atoms with Gasteiger partial charge in [0, 0.05) is 24.9 Å². The fourth-order valence-electron chi connectivity index (χ4n) is 2.86. The predicted octanol–water partition coefficient (Wildman–Crippen LogP) is 1.32. The monoisotopic (exact) mass is 425 g/mol. The molecule has 0 radical (unpaired) electrons. The molecular formula is C20H31N3O5S. The minimum absolute atomic E-state index is 0.0159. The highest BCUT2D eigenvalue weighted by molar-refractivity contribution is 7.90. The number of ether oxygens (including phenoxy) is 1. The van der Waals surface area contributed by atoms with Crippen LogP contribution < -0.4 is 10.6 Å². The molecule has 2 N–H and O–H groups in total. The van der Waals surface area contributed by atoms with Crippen LogP contribution in [0.3, 0.4) is 0 Å². The van der Waals surface area contributed by atoms with Crippen LogP contribution in [0.2, 0.25) is 0 Å². The fourth-order valence-corrected chi connectivity index (χ4v) is 3.53. The number of alkyl carbamates (subject to hydrolysis) is 1. The van der Waals surface area contributed by atoms with Crippen LogP contribution in [0, 0.1) is 0 Å². The van der Waals surface area contributed by atoms with Crippen LogP contribution in [0.15, 0.2) is 30.3 Å². The molecule has 1 aliphatic rings. The maximum atomic E-state index is 12.6. The number of rotatable bonds is 11. The number of likely N-dealkylation sites (N-methyl/N-ethyl adjacent to an activating group) is 1. The van der Waals surface area contributed by atoms with E-state index in [0.717, 1.165) is 11.8 Å². The maximum absolute atomic E-state index is 12.6. The second kappa shape index (κ2) is 10.6. The van der Waals surface area contributed by atoms with Crippen molar-refractivity contribution in [2.45, 2.75) is 50.9 Å². The van der Waals surface area contributed by atoms with Gasteiger partial charge in [-0.15, -0.1) is 0 Å². The number of hydrogen-bond donors (Lipinski definition) is 2. The fraction of sp³-hybridized carbons (Fsp3) is 0.600. The van der Waals surface area contributed by atoms with Crippen molar-refractivity contribution in [3.8, 4) is 0 Å². The Morgan fingerprint density at radius 1 is 1.24 bits per heavy atom. The minimum Gasteiger partial charge on any atom is -0.445 e. The summed E-state index contributed by atoms with van der Waals surface area (Å²) in [5, 5.41) is 5.31. The average Bonchev–Trinajstić information content (AvgIpc) is 3.52. The van der Waals surface area contributed by atoms with Crippen molar-refractivity contribution in [3.05, 3.63) is 35.9 Å². The van der Waals surface area contributed by atoms with Crippen LogP contribution in [-0.2, 0) is 26.0 Å². The molecule has 9 heteroatoms. The van der Waals surface area contributed by atoms with Gasteiger partial charge in [0.25, 0.3) is 0 Å². The van der Waals surface area contributed by atoms with Gasteiger partial charge < -0.3 is 15.4 Å². The number of hydrogen-bond acceptors (Lipinski definition) is 6. The molecule has 0 bridgehead atoms. The third-order valence-corrected chi connectivity index (χ3v) is 5.97. The first-order chi connectivity index (χ1) is 13.7. The van der Waals surface area contributed by atoms with E-state index in [1.807, 2.05) is 44.3 Å². The topological polar surface area (TPSA) is 105 Å². The van der Waals surface area contributed by atoms with Gasteiger partial charge in [-0.25, -0.2) is 13.2 Å². The molecule has 29 heavy (non-hydrogen) atoms. The molecule has 1 saturated carbocycles. The molecular weight excluding hydrogens is 394 g/mol. The Kier molecular flexibility index (Phi) is 8.45. The highest BCUT2D eigenvalue weighted by atomic mass is 32.2. The van der Waals surface area contributed by atoms with Gasteiger partial charge in [0.2, 0.25) is 5.91 Å². The van der Waals surface area contributed by atoms with Crippen LogP contribution in [0.25, 0.3) is 0 Å². The smallest absolute Gasteiger partial charge is 0.408 e. The molecule has 162 valence electrons. The first-order valence-corrected chi connectivity index (χ1v) is 11.9. The normalized spacial score (nSPS) is 16.1. The Balaban J connectivity index is 1.88. The Morgan fingerprint density at radius 2 is 1.90 bits per heavy atom. The molecule has 1 aromatic rings. The van der Waals surface area contributed by atoms with Gasteiger partial charge in [0.1, 0.15) is 22.5 Å². The van der Waals surface area contributed by atoms with E-state index in [-0.39, 0.29) is 24.8 Å². The lowest BCUT2D eigenvalue weighted by Gasteiger charge is -2.26. The van der Waals surface area contributed by atoms with E-state index in [0.29, 0.717) is 12.6 Å². The van der Waals surface area contributed by atoms with Gasteiger partial charge in [-0.1, -0.05) is 30.3 Å². The van der Waals surface area contributed by atoms with Gasteiger partial charge in [-0.05, 0) is 38.8 Å². The summed E-state index contributed by atoms with van der Waals surface area (Å²) in [5.41, 5.74) is 0.816. The van der Waals surface area contributed by atoms with Gasteiger partial charge in [-0.3, -0.25) is 9.69 Å².